The lowest BCUT2D eigenvalue weighted by Gasteiger charge is -2.34. The Hall–Kier alpha value is -2.18. The molecule has 2 N–H and O–H groups in total. The molecule has 1 saturated carbocycles. The quantitative estimate of drug-likeness (QED) is 0.787. The van der Waals surface area contributed by atoms with Gasteiger partial charge in [-0.1, -0.05) is 17.3 Å². The van der Waals surface area contributed by atoms with E-state index in [1.807, 2.05) is 23.7 Å². The summed E-state index contributed by atoms with van der Waals surface area (Å²) in [5.41, 5.74) is 9.86. The Labute approximate surface area is 146 Å². The number of nitrogens with zero attached hydrogens (tertiary/aromatic N) is 4. The maximum atomic E-state index is 6.26. The van der Waals surface area contributed by atoms with Gasteiger partial charge in [0, 0.05) is 0 Å². The molecule has 0 spiro atoms. The number of aromatic nitrogens is 4. The van der Waals surface area contributed by atoms with Gasteiger partial charge >= 0.3 is 0 Å². The Morgan fingerprint density at radius 1 is 1.25 bits per heavy atom. The molecule has 0 saturated heterocycles. The fourth-order valence-electron chi connectivity index (χ4n) is 2.96. The molecule has 0 amide bonds. The molecule has 2 heterocycles. The van der Waals surface area contributed by atoms with Crippen molar-refractivity contribution in [1.29, 1.82) is 0 Å². The van der Waals surface area contributed by atoms with E-state index in [9.17, 15) is 0 Å². The molecule has 3 aromatic rings. The van der Waals surface area contributed by atoms with Crippen molar-refractivity contribution in [3.8, 4) is 17.1 Å². The van der Waals surface area contributed by atoms with Crippen LogP contribution in [0.1, 0.15) is 36.3 Å². The van der Waals surface area contributed by atoms with E-state index in [0.29, 0.717) is 11.7 Å². The second-order valence-corrected chi connectivity index (χ2v) is 6.33. The Morgan fingerprint density at radius 3 is 2.71 bits per heavy atom. The van der Waals surface area contributed by atoms with Gasteiger partial charge in [0.15, 0.2) is 5.82 Å². The molecular weight excluding hydrogens is 326 g/mol. The van der Waals surface area contributed by atoms with Crippen LogP contribution in [0.15, 0.2) is 35.0 Å². The molecule has 2 aromatic heterocycles. The van der Waals surface area contributed by atoms with E-state index in [4.69, 9.17) is 10.3 Å². The summed E-state index contributed by atoms with van der Waals surface area (Å²) in [6.07, 6.45) is 4.70. The van der Waals surface area contributed by atoms with E-state index in [0.717, 1.165) is 36.2 Å². The SMILES string of the molecule is Cc1cccc(-n2ncc(-c3nc(C4(N)CCC4)no3)c2C)c1.Cl. The number of hydrogen-bond donors (Lipinski definition) is 1. The normalized spacial score (nSPS) is 15.6. The van der Waals surface area contributed by atoms with Crippen molar-refractivity contribution < 1.29 is 4.52 Å². The minimum Gasteiger partial charge on any atom is -0.334 e. The largest absolute Gasteiger partial charge is 0.334 e. The first-order valence-corrected chi connectivity index (χ1v) is 7.82. The van der Waals surface area contributed by atoms with Gasteiger partial charge in [-0.15, -0.1) is 12.4 Å². The van der Waals surface area contributed by atoms with Crippen molar-refractivity contribution in [1.82, 2.24) is 19.9 Å². The van der Waals surface area contributed by atoms with Gasteiger partial charge in [0.05, 0.1) is 28.7 Å². The van der Waals surface area contributed by atoms with Crippen molar-refractivity contribution >= 4 is 12.4 Å². The van der Waals surface area contributed by atoms with E-state index in [1.54, 1.807) is 6.20 Å². The summed E-state index contributed by atoms with van der Waals surface area (Å²) in [6.45, 7) is 4.06. The summed E-state index contributed by atoms with van der Waals surface area (Å²) >= 11 is 0. The average molecular weight is 346 g/mol. The summed E-state index contributed by atoms with van der Waals surface area (Å²) in [5, 5.41) is 8.54. The summed E-state index contributed by atoms with van der Waals surface area (Å²) in [7, 11) is 0. The molecule has 1 aliphatic rings. The molecule has 1 aliphatic carbocycles. The number of hydrogen-bond acceptors (Lipinski definition) is 5. The van der Waals surface area contributed by atoms with E-state index >= 15 is 0 Å². The molecule has 0 bridgehead atoms. The number of aryl methyl sites for hydroxylation is 1. The first-order chi connectivity index (χ1) is 11.1. The maximum absolute atomic E-state index is 6.26. The number of nitrogens with two attached hydrogens (primary N) is 1. The van der Waals surface area contributed by atoms with Crippen LogP contribution in [0.4, 0.5) is 0 Å². The molecule has 7 heteroatoms. The summed E-state index contributed by atoms with van der Waals surface area (Å²) in [6, 6.07) is 8.20. The second kappa shape index (κ2) is 6.03. The highest BCUT2D eigenvalue weighted by Gasteiger charge is 2.39. The van der Waals surface area contributed by atoms with E-state index in [-0.39, 0.29) is 12.4 Å². The predicted octanol–water partition coefficient (Wildman–Crippen LogP) is 3.30. The van der Waals surface area contributed by atoms with Crippen molar-refractivity contribution in [3.63, 3.8) is 0 Å². The smallest absolute Gasteiger partial charge is 0.261 e. The van der Waals surface area contributed by atoms with Crippen LogP contribution in [0.3, 0.4) is 0 Å². The van der Waals surface area contributed by atoms with Crippen LogP contribution in [0.5, 0.6) is 0 Å². The van der Waals surface area contributed by atoms with Gasteiger partial charge in [-0.05, 0) is 50.8 Å². The highest BCUT2D eigenvalue weighted by Crippen LogP contribution is 2.38. The number of rotatable bonds is 3. The number of benzene rings is 1. The van der Waals surface area contributed by atoms with Gasteiger partial charge in [-0.2, -0.15) is 10.1 Å². The fraction of sp³-hybridized carbons (Fsp3) is 0.353. The standard InChI is InChI=1S/C17H19N5O.ClH/c1-11-5-3-6-13(9-11)22-12(2)14(10-19-22)15-20-16(21-23-15)17(18)7-4-8-17;/h3,5-6,9-10H,4,7-8,18H2,1-2H3;1H. The van der Waals surface area contributed by atoms with Gasteiger partial charge < -0.3 is 10.3 Å². The Morgan fingerprint density at radius 2 is 2.04 bits per heavy atom. The minimum atomic E-state index is -0.414. The zero-order chi connectivity index (χ0) is 16.0. The van der Waals surface area contributed by atoms with Crippen molar-refractivity contribution in [2.45, 2.75) is 38.6 Å². The van der Waals surface area contributed by atoms with Gasteiger partial charge in [0.2, 0.25) is 0 Å². The molecule has 0 radical (unpaired) electrons. The highest BCUT2D eigenvalue weighted by atomic mass is 35.5. The molecule has 6 nitrogen and oxygen atoms in total. The molecule has 0 atom stereocenters. The Kier molecular flexibility index (Phi) is 4.19. The zero-order valence-electron chi connectivity index (χ0n) is 13.7. The van der Waals surface area contributed by atoms with Crippen LogP contribution in [0, 0.1) is 13.8 Å². The molecule has 1 aromatic carbocycles. The third-order valence-corrected chi connectivity index (χ3v) is 4.60. The van der Waals surface area contributed by atoms with Crippen LogP contribution in [-0.4, -0.2) is 19.9 Å². The van der Waals surface area contributed by atoms with Crippen molar-refractivity contribution in [2.75, 3.05) is 0 Å². The summed E-state index contributed by atoms with van der Waals surface area (Å²) in [5.74, 6) is 1.08. The second-order valence-electron chi connectivity index (χ2n) is 6.33. The van der Waals surface area contributed by atoms with Crippen LogP contribution < -0.4 is 5.73 Å². The maximum Gasteiger partial charge on any atom is 0.261 e. The Balaban J connectivity index is 0.00000169. The monoisotopic (exact) mass is 345 g/mol. The molecule has 126 valence electrons. The van der Waals surface area contributed by atoms with Crippen LogP contribution in [0.25, 0.3) is 17.1 Å². The van der Waals surface area contributed by atoms with Gasteiger partial charge in [-0.25, -0.2) is 4.68 Å². The Bertz CT molecular complexity index is 866. The highest BCUT2D eigenvalue weighted by molar-refractivity contribution is 5.85. The van der Waals surface area contributed by atoms with Crippen LogP contribution in [-0.2, 0) is 5.54 Å². The topological polar surface area (TPSA) is 82.8 Å². The van der Waals surface area contributed by atoms with E-state index in [2.05, 4.69) is 34.3 Å². The lowest BCUT2D eigenvalue weighted by Crippen LogP contribution is -2.44. The molecule has 0 aliphatic heterocycles. The zero-order valence-corrected chi connectivity index (χ0v) is 14.5. The third kappa shape index (κ3) is 2.61. The molecular formula is C17H20ClN5O. The lowest BCUT2D eigenvalue weighted by atomic mass is 9.77. The van der Waals surface area contributed by atoms with Gasteiger partial charge in [0.25, 0.3) is 5.89 Å². The van der Waals surface area contributed by atoms with Gasteiger partial charge in [0.1, 0.15) is 0 Å². The molecule has 24 heavy (non-hydrogen) atoms. The van der Waals surface area contributed by atoms with Crippen LogP contribution >= 0.6 is 12.4 Å². The minimum absolute atomic E-state index is 0. The number of halogens is 1. The van der Waals surface area contributed by atoms with Crippen molar-refractivity contribution in [2.24, 2.45) is 5.73 Å². The average Bonchev–Trinajstić information content (AvgIpc) is 3.11. The van der Waals surface area contributed by atoms with E-state index in [1.165, 1.54) is 5.56 Å². The molecule has 1 fully saturated rings. The lowest BCUT2D eigenvalue weighted by molar-refractivity contribution is 0.229. The summed E-state index contributed by atoms with van der Waals surface area (Å²) < 4.78 is 7.31. The molecule has 0 unspecified atom stereocenters. The first kappa shape index (κ1) is 16.7. The predicted molar refractivity (Wildman–Crippen MR) is 93.3 cm³/mol. The van der Waals surface area contributed by atoms with Crippen LogP contribution in [0.2, 0.25) is 0 Å². The molecule has 4 rings (SSSR count). The van der Waals surface area contributed by atoms with E-state index < -0.39 is 5.54 Å². The summed E-state index contributed by atoms with van der Waals surface area (Å²) in [4.78, 5) is 4.50. The third-order valence-electron chi connectivity index (χ3n) is 4.60. The van der Waals surface area contributed by atoms with Gasteiger partial charge in [-0.3, -0.25) is 0 Å². The first-order valence-electron chi connectivity index (χ1n) is 7.82. The fourth-order valence-corrected chi connectivity index (χ4v) is 2.96. The van der Waals surface area contributed by atoms with Crippen molar-refractivity contribution in [3.05, 3.63) is 47.5 Å².